The highest BCUT2D eigenvalue weighted by Crippen LogP contribution is 2.21. The van der Waals surface area contributed by atoms with Crippen LogP contribution in [-0.4, -0.2) is 61.3 Å². The Hall–Kier alpha value is -1.14. The largest absolute Gasteiger partial charge is 0.481 e. The van der Waals surface area contributed by atoms with Gasteiger partial charge >= 0.3 is 5.97 Å². The maximum absolute atomic E-state index is 11.9. The number of hydrogen-bond donors (Lipinski definition) is 2. The average molecular weight is 272 g/mol. The van der Waals surface area contributed by atoms with Gasteiger partial charge in [0.15, 0.2) is 0 Å². The molecule has 1 amide bonds. The number of piperidine rings is 1. The van der Waals surface area contributed by atoms with Gasteiger partial charge in [0.1, 0.15) is 0 Å². The maximum atomic E-state index is 11.9. The lowest BCUT2D eigenvalue weighted by Gasteiger charge is -2.34. The summed E-state index contributed by atoms with van der Waals surface area (Å²) in [5, 5.41) is 11.6. The third kappa shape index (κ3) is 5.57. The minimum absolute atomic E-state index is 0.00809. The Bertz CT molecular complexity index is 301. The van der Waals surface area contributed by atoms with Gasteiger partial charge in [0.05, 0.1) is 12.6 Å². The number of ether oxygens (including phenoxy) is 1. The minimum Gasteiger partial charge on any atom is -0.481 e. The van der Waals surface area contributed by atoms with Crippen LogP contribution in [0.1, 0.15) is 26.2 Å². The van der Waals surface area contributed by atoms with Crippen molar-refractivity contribution in [3.63, 3.8) is 0 Å². The smallest absolute Gasteiger partial charge is 0.303 e. The lowest BCUT2D eigenvalue weighted by Crippen LogP contribution is -2.48. The van der Waals surface area contributed by atoms with Crippen molar-refractivity contribution in [3.8, 4) is 0 Å². The lowest BCUT2D eigenvalue weighted by molar-refractivity contribution is -0.138. The average Bonchev–Trinajstić information content (AvgIpc) is 2.38. The molecule has 0 aromatic carbocycles. The Morgan fingerprint density at radius 2 is 2.05 bits per heavy atom. The van der Waals surface area contributed by atoms with E-state index in [-0.39, 0.29) is 24.3 Å². The molecule has 2 N–H and O–H groups in total. The van der Waals surface area contributed by atoms with E-state index < -0.39 is 5.97 Å². The van der Waals surface area contributed by atoms with Crippen LogP contribution < -0.4 is 5.32 Å². The molecule has 1 saturated heterocycles. The van der Waals surface area contributed by atoms with E-state index in [1.54, 1.807) is 7.11 Å². The fourth-order valence-corrected chi connectivity index (χ4v) is 2.38. The Morgan fingerprint density at radius 1 is 1.42 bits per heavy atom. The van der Waals surface area contributed by atoms with Crippen molar-refractivity contribution >= 4 is 11.9 Å². The zero-order chi connectivity index (χ0) is 14.3. The summed E-state index contributed by atoms with van der Waals surface area (Å²) in [5.74, 6) is -0.477. The fourth-order valence-electron chi connectivity index (χ4n) is 2.38. The van der Waals surface area contributed by atoms with Gasteiger partial charge in [0.25, 0.3) is 0 Å². The second-order valence-electron chi connectivity index (χ2n) is 5.04. The van der Waals surface area contributed by atoms with E-state index >= 15 is 0 Å². The van der Waals surface area contributed by atoms with Crippen LogP contribution in [0.5, 0.6) is 0 Å². The summed E-state index contributed by atoms with van der Waals surface area (Å²) in [6.07, 6.45) is 1.94. The number of amides is 1. The van der Waals surface area contributed by atoms with Gasteiger partial charge in [-0.2, -0.15) is 0 Å². The quantitative estimate of drug-likeness (QED) is 0.653. The molecule has 0 aromatic heterocycles. The van der Waals surface area contributed by atoms with Gasteiger partial charge in [-0.25, -0.2) is 0 Å². The van der Waals surface area contributed by atoms with E-state index in [0.29, 0.717) is 13.2 Å². The summed E-state index contributed by atoms with van der Waals surface area (Å²) < 4.78 is 4.88. The van der Waals surface area contributed by atoms with Crippen molar-refractivity contribution in [1.29, 1.82) is 0 Å². The van der Waals surface area contributed by atoms with Crippen LogP contribution in [0, 0.1) is 5.92 Å². The topological polar surface area (TPSA) is 78.9 Å². The Kier molecular flexibility index (Phi) is 6.80. The number of nitrogens with one attached hydrogen (secondary N) is 1. The highest BCUT2D eigenvalue weighted by Gasteiger charge is 2.27. The number of hydrogen-bond acceptors (Lipinski definition) is 4. The molecule has 1 rings (SSSR count). The standard InChI is InChI=1S/C13H24N2O4/c1-10(13(18)14-5-8-19-2)15-6-3-11(4-7-15)9-12(16)17/h10-11H,3-9H2,1-2H3,(H,14,18)(H,16,17). The molecule has 110 valence electrons. The molecule has 1 aliphatic rings. The van der Waals surface area contributed by atoms with Crippen LogP contribution in [0.15, 0.2) is 0 Å². The van der Waals surface area contributed by atoms with E-state index in [2.05, 4.69) is 10.2 Å². The van der Waals surface area contributed by atoms with Gasteiger partial charge in [-0.15, -0.1) is 0 Å². The number of rotatable bonds is 7. The van der Waals surface area contributed by atoms with Crippen molar-refractivity contribution in [2.24, 2.45) is 5.92 Å². The molecule has 1 unspecified atom stereocenters. The molecular weight excluding hydrogens is 248 g/mol. The number of carboxylic acids is 1. The lowest BCUT2D eigenvalue weighted by atomic mass is 9.93. The number of aliphatic carboxylic acids is 1. The number of carbonyl (C=O) groups is 2. The second kappa shape index (κ2) is 8.12. The molecule has 1 aliphatic heterocycles. The number of nitrogens with zero attached hydrogens (tertiary/aromatic N) is 1. The second-order valence-corrected chi connectivity index (χ2v) is 5.04. The first-order valence-electron chi connectivity index (χ1n) is 6.77. The molecule has 0 radical (unpaired) electrons. The molecular formula is C13H24N2O4. The van der Waals surface area contributed by atoms with E-state index in [1.807, 2.05) is 6.92 Å². The highest BCUT2D eigenvalue weighted by molar-refractivity contribution is 5.81. The monoisotopic (exact) mass is 272 g/mol. The van der Waals surface area contributed by atoms with Crippen LogP contribution in [-0.2, 0) is 14.3 Å². The first-order chi connectivity index (χ1) is 9.04. The molecule has 19 heavy (non-hydrogen) atoms. The third-order valence-corrected chi connectivity index (χ3v) is 3.65. The number of carbonyl (C=O) groups excluding carboxylic acids is 1. The van der Waals surface area contributed by atoms with Crippen molar-refractivity contribution < 1.29 is 19.4 Å². The summed E-state index contributed by atoms with van der Waals surface area (Å²) >= 11 is 0. The molecule has 0 spiro atoms. The van der Waals surface area contributed by atoms with Crippen LogP contribution >= 0.6 is 0 Å². The minimum atomic E-state index is -0.733. The van der Waals surface area contributed by atoms with Gasteiger partial charge in [-0.3, -0.25) is 14.5 Å². The molecule has 6 heteroatoms. The maximum Gasteiger partial charge on any atom is 0.303 e. The van der Waals surface area contributed by atoms with Crippen molar-refractivity contribution in [1.82, 2.24) is 10.2 Å². The van der Waals surface area contributed by atoms with Crippen LogP contribution in [0.2, 0.25) is 0 Å². The van der Waals surface area contributed by atoms with Crippen molar-refractivity contribution in [3.05, 3.63) is 0 Å². The van der Waals surface area contributed by atoms with Crippen molar-refractivity contribution in [2.45, 2.75) is 32.2 Å². The van der Waals surface area contributed by atoms with E-state index in [0.717, 1.165) is 25.9 Å². The molecule has 0 aromatic rings. The molecule has 0 bridgehead atoms. The number of likely N-dealkylation sites (tertiary alicyclic amines) is 1. The zero-order valence-electron chi connectivity index (χ0n) is 11.7. The summed E-state index contributed by atoms with van der Waals surface area (Å²) in [7, 11) is 1.60. The fraction of sp³-hybridized carbons (Fsp3) is 0.846. The first-order valence-corrected chi connectivity index (χ1v) is 6.77. The number of carboxylic acid groups (broad SMARTS) is 1. The molecule has 0 saturated carbocycles. The predicted octanol–water partition coefficient (Wildman–Crippen LogP) is 0.324. The molecule has 1 atom stereocenters. The number of methoxy groups -OCH3 is 1. The first kappa shape index (κ1) is 15.9. The Morgan fingerprint density at radius 3 is 2.58 bits per heavy atom. The van der Waals surface area contributed by atoms with Gasteiger partial charge in [0.2, 0.25) is 5.91 Å². The van der Waals surface area contributed by atoms with Gasteiger partial charge in [-0.05, 0) is 38.8 Å². The van der Waals surface area contributed by atoms with Crippen LogP contribution in [0.25, 0.3) is 0 Å². The van der Waals surface area contributed by atoms with E-state index in [9.17, 15) is 9.59 Å². The van der Waals surface area contributed by atoms with Crippen molar-refractivity contribution in [2.75, 3.05) is 33.4 Å². The van der Waals surface area contributed by atoms with E-state index in [4.69, 9.17) is 9.84 Å². The molecule has 1 fully saturated rings. The summed E-state index contributed by atoms with van der Waals surface area (Å²) in [6, 6.07) is -0.164. The van der Waals surface area contributed by atoms with Gasteiger partial charge in [0, 0.05) is 20.1 Å². The van der Waals surface area contributed by atoms with Gasteiger partial charge in [-0.1, -0.05) is 0 Å². The SMILES string of the molecule is COCCNC(=O)C(C)N1CCC(CC(=O)O)CC1. The Labute approximate surface area is 114 Å². The summed E-state index contributed by atoms with van der Waals surface area (Å²) in [5.41, 5.74) is 0. The molecule has 0 aliphatic carbocycles. The zero-order valence-corrected chi connectivity index (χ0v) is 11.7. The van der Waals surface area contributed by atoms with Gasteiger partial charge < -0.3 is 15.2 Å². The predicted molar refractivity (Wildman–Crippen MR) is 70.9 cm³/mol. The van der Waals surface area contributed by atoms with Crippen LogP contribution in [0.3, 0.4) is 0 Å². The highest BCUT2D eigenvalue weighted by atomic mass is 16.5. The van der Waals surface area contributed by atoms with Crippen LogP contribution in [0.4, 0.5) is 0 Å². The summed E-state index contributed by atoms with van der Waals surface area (Å²) in [6.45, 7) is 4.50. The summed E-state index contributed by atoms with van der Waals surface area (Å²) in [4.78, 5) is 24.6. The normalized spacial score (nSPS) is 19.1. The molecule has 6 nitrogen and oxygen atoms in total. The third-order valence-electron chi connectivity index (χ3n) is 3.65. The molecule has 1 heterocycles. The van der Waals surface area contributed by atoms with E-state index in [1.165, 1.54) is 0 Å². The Balaban J connectivity index is 2.29.